The zero-order chi connectivity index (χ0) is 13.5. The molecule has 0 spiro atoms. The number of hydrogen-bond acceptors (Lipinski definition) is 4. The van der Waals surface area contributed by atoms with Crippen LogP contribution < -0.4 is 5.56 Å². The van der Waals surface area contributed by atoms with E-state index in [1.807, 2.05) is 0 Å². The number of methoxy groups -OCH3 is 1. The van der Waals surface area contributed by atoms with E-state index in [4.69, 9.17) is 9.47 Å². The van der Waals surface area contributed by atoms with Crippen LogP contribution in [0.25, 0.3) is 0 Å². The van der Waals surface area contributed by atoms with Gasteiger partial charge in [0, 0.05) is 39.1 Å². The number of nitrogens with zero attached hydrogens (tertiary/aromatic N) is 1. The van der Waals surface area contributed by atoms with Crippen molar-refractivity contribution in [3.63, 3.8) is 0 Å². The zero-order valence-corrected chi connectivity index (χ0v) is 12.5. The summed E-state index contributed by atoms with van der Waals surface area (Å²) >= 11 is 3.35. The Morgan fingerprint density at radius 3 is 2.68 bits per heavy atom. The highest BCUT2D eigenvalue weighted by Crippen LogP contribution is 2.42. The second-order valence-electron chi connectivity index (χ2n) is 5.20. The molecule has 6 heteroatoms. The molecule has 1 aliphatic heterocycles. The van der Waals surface area contributed by atoms with Crippen LogP contribution in [0.15, 0.2) is 9.27 Å². The minimum Gasteiger partial charge on any atom is -0.381 e. The van der Waals surface area contributed by atoms with E-state index in [2.05, 4.69) is 25.9 Å². The van der Waals surface area contributed by atoms with Gasteiger partial charge in [0.15, 0.2) is 0 Å². The van der Waals surface area contributed by atoms with E-state index in [1.54, 1.807) is 7.11 Å². The van der Waals surface area contributed by atoms with Crippen LogP contribution in [0, 0.1) is 0 Å². The summed E-state index contributed by atoms with van der Waals surface area (Å²) in [5, 5.41) is 0. The molecule has 1 saturated carbocycles. The highest BCUT2D eigenvalue weighted by molar-refractivity contribution is 9.10. The lowest BCUT2D eigenvalue weighted by atomic mass is 9.93. The fourth-order valence-electron chi connectivity index (χ4n) is 2.56. The van der Waals surface area contributed by atoms with E-state index >= 15 is 0 Å². The van der Waals surface area contributed by atoms with Gasteiger partial charge in [0.25, 0.3) is 5.56 Å². The quantitative estimate of drug-likeness (QED) is 0.922. The molecule has 0 atom stereocenters. The maximum absolute atomic E-state index is 12.1. The molecule has 0 radical (unpaired) electrons. The first-order chi connectivity index (χ1) is 9.16. The van der Waals surface area contributed by atoms with E-state index in [0.29, 0.717) is 29.4 Å². The average Bonchev–Trinajstić information content (AvgIpc) is 3.27. The van der Waals surface area contributed by atoms with Gasteiger partial charge < -0.3 is 14.5 Å². The Labute approximate surface area is 119 Å². The molecule has 1 aromatic heterocycles. The van der Waals surface area contributed by atoms with Gasteiger partial charge in [-0.2, -0.15) is 0 Å². The van der Waals surface area contributed by atoms with Gasteiger partial charge >= 0.3 is 0 Å². The molecule has 5 nitrogen and oxygen atoms in total. The second kappa shape index (κ2) is 5.00. The van der Waals surface area contributed by atoms with E-state index in [0.717, 1.165) is 31.4 Å². The van der Waals surface area contributed by atoms with Gasteiger partial charge in [-0.1, -0.05) is 0 Å². The third-order valence-corrected chi connectivity index (χ3v) is 4.74. The molecule has 2 fully saturated rings. The van der Waals surface area contributed by atoms with Crippen LogP contribution in [0.3, 0.4) is 0 Å². The van der Waals surface area contributed by atoms with Crippen molar-refractivity contribution in [3.05, 3.63) is 26.3 Å². The number of halogens is 1. The summed E-state index contributed by atoms with van der Waals surface area (Å²) in [4.78, 5) is 19.6. The SMILES string of the molecule is COC1(c2nc(C3CC3)c(Br)c(=O)[nH]2)CCOCC1. The maximum Gasteiger partial charge on any atom is 0.265 e. The highest BCUT2D eigenvalue weighted by atomic mass is 79.9. The molecule has 19 heavy (non-hydrogen) atoms. The normalized spacial score (nSPS) is 22.4. The Bertz CT molecular complexity index is 533. The number of rotatable bonds is 3. The molecule has 104 valence electrons. The van der Waals surface area contributed by atoms with Crippen molar-refractivity contribution in [1.82, 2.24) is 9.97 Å². The summed E-state index contributed by atoms with van der Waals surface area (Å²) in [6.07, 6.45) is 3.66. The van der Waals surface area contributed by atoms with Gasteiger partial charge in [-0.25, -0.2) is 4.98 Å². The topological polar surface area (TPSA) is 64.2 Å². The molecular weight excluding hydrogens is 312 g/mol. The van der Waals surface area contributed by atoms with Gasteiger partial charge in [-0.15, -0.1) is 0 Å². The summed E-state index contributed by atoms with van der Waals surface area (Å²) in [6.45, 7) is 1.26. The van der Waals surface area contributed by atoms with Crippen molar-refractivity contribution in [3.8, 4) is 0 Å². The largest absolute Gasteiger partial charge is 0.381 e. The monoisotopic (exact) mass is 328 g/mol. The fourth-order valence-corrected chi connectivity index (χ4v) is 3.07. The molecular formula is C13H17BrN2O3. The predicted molar refractivity (Wildman–Crippen MR) is 73.3 cm³/mol. The molecule has 0 bridgehead atoms. The molecule has 2 aliphatic rings. The second-order valence-corrected chi connectivity index (χ2v) is 5.99. The molecule has 3 rings (SSSR count). The van der Waals surface area contributed by atoms with Crippen LogP contribution in [0.4, 0.5) is 0 Å². The third-order valence-electron chi connectivity index (χ3n) is 3.98. The van der Waals surface area contributed by atoms with Gasteiger partial charge in [0.2, 0.25) is 0 Å². The van der Waals surface area contributed by atoms with Crippen molar-refractivity contribution in [2.45, 2.75) is 37.2 Å². The lowest BCUT2D eigenvalue weighted by molar-refractivity contribution is -0.100. The summed E-state index contributed by atoms with van der Waals surface area (Å²) in [7, 11) is 1.67. The standard InChI is InChI=1S/C13H17BrN2O3/c1-18-13(4-6-19-7-5-13)12-15-10(8-2-3-8)9(14)11(17)16-12/h8H,2-7H2,1H3,(H,15,16,17). The van der Waals surface area contributed by atoms with Crippen molar-refractivity contribution in [1.29, 1.82) is 0 Å². The number of nitrogens with one attached hydrogen (secondary N) is 1. The Hall–Kier alpha value is -0.720. The zero-order valence-electron chi connectivity index (χ0n) is 10.9. The number of ether oxygens (including phenoxy) is 2. The summed E-state index contributed by atoms with van der Waals surface area (Å²) in [6, 6.07) is 0. The Kier molecular flexibility index (Phi) is 3.49. The van der Waals surface area contributed by atoms with Crippen LogP contribution in [0.1, 0.15) is 43.1 Å². The van der Waals surface area contributed by atoms with Crippen molar-refractivity contribution < 1.29 is 9.47 Å². The fraction of sp³-hybridized carbons (Fsp3) is 0.692. The summed E-state index contributed by atoms with van der Waals surface area (Å²) in [5.41, 5.74) is 0.248. The Morgan fingerprint density at radius 1 is 1.42 bits per heavy atom. The average molecular weight is 329 g/mol. The summed E-state index contributed by atoms with van der Waals surface area (Å²) < 4.78 is 11.6. The Balaban J connectivity index is 2.06. The molecule has 2 heterocycles. The van der Waals surface area contributed by atoms with Crippen LogP contribution in [-0.4, -0.2) is 30.3 Å². The first-order valence-electron chi connectivity index (χ1n) is 6.59. The van der Waals surface area contributed by atoms with Crippen LogP contribution in [-0.2, 0) is 15.1 Å². The van der Waals surface area contributed by atoms with Crippen molar-refractivity contribution in [2.24, 2.45) is 0 Å². The van der Waals surface area contributed by atoms with E-state index in [-0.39, 0.29) is 5.56 Å². The third kappa shape index (κ3) is 2.37. The smallest absolute Gasteiger partial charge is 0.265 e. The molecule has 1 aliphatic carbocycles. The van der Waals surface area contributed by atoms with Crippen LogP contribution in [0.2, 0.25) is 0 Å². The number of hydrogen-bond donors (Lipinski definition) is 1. The Morgan fingerprint density at radius 2 is 2.11 bits per heavy atom. The number of H-pyrrole nitrogens is 1. The first kappa shape index (κ1) is 13.3. The van der Waals surface area contributed by atoms with Gasteiger partial charge in [0.05, 0.1) is 5.69 Å². The molecule has 1 aromatic rings. The maximum atomic E-state index is 12.1. The minimum atomic E-state index is -0.512. The van der Waals surface area contributed by atoms with Crippen LogP contribution in [0.5, 0.6) is 0 Å². The molecule has 0 aromatic carbocycles. The number of aromatic amines is 1. The minimum absolute atomic E-state index is 0.116. The first-order valence-corrected chi connectivity index (χ1v) is 7.39. The van der Waals surface area contributed by atoms with Crippen molar-refractivity contribution >= 4 is 15.9 Å². The molecule has 1 saturated heterocycles. The van der Waals surface area contributed by atoms with Gasteiger partial charge in [-0.05, 0) is 28.8 Å². The molecule has 0 unspecified atom stereocenters. The van der Waals surface area contributed by atoms with Gasteiger partial charge in [-0.3, -0.25) is 4.79 Å². The van der Waals surface area contributed by atoms with E-state index in [1.165, 1.54) is 0 Å². The van der Waals surface area contributed by atoms with E-state index in [9.17, 15) is 4.79 Å². The summed E-state index contributed by atoms with van der Waals surface area (Å²) in [5.74, 6) is 1.07. The lowest BCUT2D eigenvalue weighted by Gasteiger charge is -2.34. The van der Waals surface area contributed by atoms with E-state index < -0.39 is 5.60 Å². The highest BCUT2D eigenvalue weighted by Gasteiger charge is 2.39. The predicted octanol–water partition coefficient (Wildman–Crippen LogP) is 2.06. The van der Waals surface area contributed by atoms with Crippen LogP contribution >= 0.6 is 15.9 Å². The molecule has 0 amide bonds. The number of aromatic nitrogens is 2. The van der Waals surface area contributed by atoms with Crippen molar-refractivity contribution in [2.75, 3.05) is 20.3 Å². The molecule has 1 N–H and O–H groups in total. The lowest BCUT2D eigenvalue weighted by Crippen LogP contribution is -2.39. The van der Waals surface area contributed by atoms with Gasteiger partial charge in [0.1, 0.15) is 15.9 Å².